The Kier molecular flexibility index (Phi) is 6.14. The first-order valence-electron chi connectivity index (χ1n) is 11.7. The Morgan fingerprint density at radius 3 is 2.58 bits per heavy atom. The molecule has 0 aliphatic heterocycles. The van der Waals surface area contributed by atoms with E-state index in [0.29, 0.717) is 41.7 Å². The Morgan fingerprint density at radius 1 is 1.13 bits per heavy atom. The van der Waals surface area contributed by atoms with Gasteiger partial charge in [0.1, 0.15) is 17.9 Å². The molecule has 0 aromatic carbocycles. The highest BCUT2D eigenvalue weighted by molar-refractivity contribution is 5.79. The van der Waals surface area contributed by atoms with Gasteiger partial charge >= 0.3 is 0 Å². The number of amidine groups is 1. The molecular formula is C23H36F2N4O2. The van der Waals surface area contributed by atoms with Crippen LogP contribution in [0.4, 0.5) is 8.78 Å². The summed E-state index contributed by atoms with van der Waals surface area (Å²) < 4.78 is 26.8. The molecule has 4 aliphatic rings. The van der Waals surface area contributed by atoms with Gasteiger partial charge in [-0.15, -0.1) is 5.11 Å². The highest BCUT2D eigenvalue weighted by Crippen LogP contribution is 2.65. The molecule has 0 saturated heterocycles. The number of alkyl halides is 2. The molecule has 4 fully saturated rings. The van der Waals surface area contributed by atoms with Crippen LogP contribution in [0.15, 0.2) is 26.7 Å². The van der Waals surface area contributed by atoms with E-state index in [0.717, 1.165) is 44.1 Å². The van der Waals surface area contributed by atoms with Crippen molar-refractivity contribution in [2.24, 2.45) is 56.2 Å². The van der Waals surface area contributed by atoms with Gasteiger partial charge in [-0.05, 0) is 105 Å². The molecule has 0 aromatic rings. The molecule has 0 aromatic heterocycles. The lowest BCUT2D eigenvalue weighted by Crippen LogP contribution is -2.52. The second-order valence-electron chi connectivity index (χ2n) is 10.6. The predicted molar refractivity (Wildman–Crippen MR) is 115 cm³/mol. The van der Waals surface area contributed by atoms with Gasteiger partial charge in [-0.3, -0.25) is 0 Å². The molecule has 174 valence electrons. The van der Waals surface area contributed by atoms with Crippen molar-refractivity contribution in [3.05, 3.63) is 11.3 Å². The third-order valence-corrected chi connectivity index (χ3v) is 9.21. The van der Waals surface area contributed by atoms with Crippen molar-refractivity contribution < 1.29 is 19.0 Å². The third kappa shape index (κ3) is 3.89. The zero-order valence-corrected chi connectivity index (χ0v) is 18.6. The fraction of sp³-hybridized carbons (Fsp3) is 0.870. The minimum Gasteiger partial charge on any atom is -0.510 e. The molecule has 31 heavy (non-hydrogen) atoms. The Bertz CT molecular complexity index is 786. The maximum absolute atomic E-state index is 13.4. The van der Waals surface area contributed by atoms with Crippen molar-refractivity contribution in [1.29, 1.82) is 0 Å². The Morgan fingerprint density at radius 2 is 1.87 bits per heavy atom. The number of fused-ring (bicyclic) bond motifs is 5. The predicted octanol–water partition coefficient (Wildman–Crippen LogP) is 5.19. The SMILES string of the molecule is CC(N=NC/C(O)=C1/CC[C@H]2[C@@H]3CC[C@@H]4C[C@@](O)(C(F)F)CC[C@@H]4[C@H]3CC[C@]12C)=NN. The molecule has 8 heteroatoms. The summed E-state index contributed by atoms with van der Waals surface area (Å²) in [4.78, 5) is 0. The van der Waals surface area contributed by atoms with Crippen molar-refractivity contribution in [2.45, 2.75) is 83.7 Å². The van der Waals surface area contributed by atoms with Gasteiger partial charge in [-0.1, -0.05) is 6.92 Å². The van der Waals surface area contributed by atoms with E-state index in [-0.39, 0.29) is 30.7 Å². The van der Waals surface area contributed by atoms with Crippen LogP contribution in [0.1, 0.15) is 71.6 Å². The molecule has 6 nitrogen and oxygen atoms in total. The number of halogens is 2. The zero-order chi connectivity index (χ0) is 22.4. The summed E-state index contributed by atoms with van der Waals surface area (Å²) in [6, 6.07) is 0. The summed E-state index contributed by atoms with van der Waals surface area (Å²) >= 11 is 0. The summed E-state index contributed by atoms with van der Waals surface area (Å²) in [6.07, 6.45) is 4.56. The molecule has 4 aliphatic carbocycles. The van der Waals surface area contributed by atoms with Gasteiger partial charge in [0.15, 0.2) is 5.84 Å². The van der Waals surface area contributed by atoms with E-state index in [1.54, 1.807) is 6.92 Å². The topological polar surface area (TPSA) is 104 Å². The molecule has 0 unspecified atom stereocenters. The molecule has 4 rings (SSSR count). The van der Waals surface area contributed by atoms with Crippen LogP contribution in [0.5, 0.6) is 0 Å². The normalized spacial score (nSPS) is 44.8. The number of allylic oxidation sites excluding steroid dienone is 1. The molecule has 0 bridgehead atoms. The van der Waals surface area contributed by atoms with E-state index in [2.05, 4.69) is 22.3 Å². The first-order chi connectivity index (χ1) is 14.7. The average Bonchev–Trinajstić information content (AvgIpc) is 3.10. The summed E-state index contributed by atoms with van der Waals surface area (Å²) in [5.41, 5.74) is -0.688. The van der Waals surface area contributed by atoms with Crippen molar-refractivity contribution in [2.75, 3.05) is 6.54 Å². The Hall–Kier alpha value is -1.57. The van der Waals surface area contributed by atoms with Gasteiger partial charge in [0.25, 0.3) is 6.43 Å². The molecule has 0 amide bonds. The summed E-state index contributed by atoms with van der Waals surface area (Å²) in [7, 11) is 0. The largest absolute Gasteiger partial charge is 0.510 e. The monoisotopic (exact) mass is 438 g/mol. The minimum absolute atomic E-state index is 0.0248. The van der Waals surface area contributed by atoms with E-state index in [9.17, 15) is 19.0 Å². The van der Waals surface area contributed by atoms with Crippen molar-refractivity contribution >= 4 is 5.84 Å². The van der Waals surface area contributed by atoms with Crippen LogP contribution in [0.3, 0.4) is 0 Å². The lowest BCUT2D eigenvalue weighted by molar-refractivity contribution is -0.157. The van der Waals surface area contributed by atoms with Gasteiger partial charge in [0.05, 0.1) is 0 Å². The maximum Gasteiger partial charge on any atom is 0.266 e. The van der Waals surface area contributed by atoms with E-state index in [1.165, 1.54) is 0 Å². The minimum atomic E-state index is -2.65. The van der Waals surface area contributed by atoms with Crippen molar-refractivity contribution in [3.8, 4) is 0 Å². The number of azo groups is 1. The summed E-state index contributed by atoms with van der Waals surface area (Å²) in [6.45, 7) is 4.10. The van der Waals surface area contributed by atoms with Crippen LogP contribution in [0.2, 0.25) is 0 Å². The van der Waals surface area contributed by atoms with Crippen molar-refractivity contribution in [3.63, 3.8) is 0 Å². The van der Waals surface area contributed by atoms with Crippen LogP contribution >= 0.6 is 0 Å². The number of nitrogens with two attached hydrogens (primary N) is 1. The van der Waals surface area contributed by atoms with Gasteiger partial charge < -0.3 is 16.1 Å². The molecule has 0 heterocycles. The molecule has 4 N–H and O–H groups in total. The number of aliphatic hydroxyl groups is 2. The van der Waals surface area contributed by atoms with Gasteiger partial charge in [0, 0.05) is 0 Å². The van der Waals surface area contributed by atoms with Gasteiger partial charge in [-0.25, -0.2) is 8.78 Å². The first kappa shape index (κ1) is 22.6. The number of aliphatic hydroxyl groups excluding tert-OH is 1. The highest BCUT2D eigenvalue weighted by Gasteiger charge is 2.57. The third-order valence-electron chi connectivity index (χ3n) is 9.21. The van der Waals surface area contributed by atoms with Gasteiger partial charge in [0.2, 0.25) is 0 Å². The number of hydrazone groups is 1. The summed E-state index contributed by atoms with van der Waals surface area (Å²) in [5, 5.41) is 32.6. The molecular weight excluding hydrogens is 402 g/mol. The second-order valence-corrected chi connectivity index (χ2v) is 10.6. The van der Waals surface area contributed by atoms with E-state index in [4.69, 9.17) is 5.84 Å². The smallest absolute Gasteiger partial charge is 0.266 e. The van der Waals surface area contributed by atoms with Gasteiger partial charge in [-0.2, -0.15) is 10.2 Å². The number of hydrogen-bond donors (Lipinski definition) is 3. The van der Waals surface area contributed by atoms with E-state index < -0.39 is 12.0 Å². The molecule has 0 radical (unpaired) electrons. The molecule has 4 saturated carbocycles. The molecule has 0 spiro atoms. The van der Waals surface area contributed by atoms with E-state index in [1.807, 2.05) is 0 Å². The zero-order valence-electron chi connectivity index (χ0n) is 18.6. The lowest BCUT2D eigenvalue weighted by atomic mass is 9.49. The van der Waals surface area contributed by atoms with Crippen LogP contribution in [-0.2, 0) is 0 Å². The average molecular weight is 439 g/mol. The Labute approximate surface area is 183 Å². The summed E-state index contributed by atoms with van der Waals surface area (Å²) in [5.74, 6) is 8.19. The number of hydrogen-bond acceptors (Lipinski definition) is 5. The number of rotatable bonds is 3. The van der Waals surface area contributed by atoms with Crippen LogP contribution in [0, 0.1) is 35.0 Å². The second kappa shape index (κ2) is 8.41. The highest BCUT2D eigenvalue weighted by atomic mass is 19.3. The quantitative estimate of drug-likeness (QED) is 0.141. The number of nitrogens with zero attached hydrogens (tertiary/aromatic N) is 3. The fourth-order valence-electron chi connectivity index (χ4n) is 7.72. The van der Waals surface area contributed by atoms with Crippen LogP contribution in [-0.4, -0.2) is 34.6 Å². The van der Waals surface area contributed by atoms with Crippen LogP contribution < -0.4 is 5.84 Å². The molecule has 7 atom stereocenters. The standard InChI is InChI=1S/C23H36F2N4O2/c1-13(28-26)29-27-12-20(30)19-6-5-18-17-4-3-14-11-23(31,21(24)25)10-8-15(14)16(17)7-9-22(18,19)2/h14-18,21,30-31H,3-12,26H2,1-2H3/b20-19+,28-13?,29-27?/t14-,15+,16-,17-,18+,22+,23-/m1/s1. The fourth-order valence-corrected chi connectivity index (χ4v) is 7.72. The lowest BCUT2D eigenvalue weighted by Gasteiger charge is -2.56. The van der Waals surface area contributed by atoms with E-state index >= 15 is 0 Å². The Balaban J connectivity index is 1.49. The van der Waals surface area contributed by atoms with Crippen LogP contribution in [0.25, 0.3) is 0 Å². The maximum atomic E-state index is 13.4. The van der Waals surface area contributed by atoms with Crippen molar-refractivity contribution in [1.82, 2.24) is 0 Å². The first-order valence-corrected chi connectivity index (χ1v) is 11.7.